The van der Waals surface area contributed by atoms with E-state index >= 15 is 0 Å². The third kappa shape index (κ3) is 1.12. The molecule has 0 unspecified atom stereocenters. The summed E-state index contributed by atoms with van der Waals surface area (Å²) >= 11 is 4.30. The molecule has 0 saturated heterocycles. The van der Waals surface area contributed by atoms with Gasteiger partial charge in [0.25, 0.3) is 0 Å². The van der Waals surface area contributed by atoms with Crippen LogP contribution in [-0.2, 0) is 0 Å². The summed E-state index contributed by atoms with van der Waals surface area (Å²) in [6.07, 6.45) is 0. The first-order valence-corrected chi connectivity index (χ1v) is 5.40. The van der Waals surface area contributed by atoms with Crippen molar-refractivity contribution in [2.75, 3.05) is 0 Å². The fourth-order valence-electron chi connectivity index (χ4n) is 1.15. The van der Waals surface area contributed by atoms with Crippen LogP contribution in [0.5, 0.6) is 5.75 Å². The van der Waals surface area contributed by atoms with E-state index in [0.29, 0.717) is 5.75 Å². The normalized spacial score (nSPS) is 10.8. The highest BCUT2D eigenvalue weighted by molar-refractivity contribution is 14.1. The first kappa shape index (κ1) is 8.61. The van der Waals surface area contributed by atoms with Crippen molar-refractivity contribution in [1.82, 2.24) is 2.78 Å². The molecule has 2 nitrogen and oxygen atoms in total. The maximum absolute atomic E-state index is 9.65. The van der Waals surface area contributed by atoms with Gasteiger partial charge in [0.2, 0.25) is 0 Å². The summed E-state index contributed by atoms with van der Waals surface area (Å²) in [5.41, 5.74) is 1.06. The quantitative estimate of drug-likeness (QED) is 0.693. The van der Waals surface area contributed by atoms with Gasteiger partial charge in [0, 0.05) is 5.39 Å². The summed E-state index contributed by atoms with van der Waals surface area (Å²) in [7, 11) is 0. The zero-order chi connectivity index (χ0) is 8.72. The van der Waals surface area contributed by atoms with Gasteiger partial charge >= 0.3 is 0 Å². The minimum Gasteiger partial charge on any atom is -0.505 e. The van der Waals surface area contributed by atoms with E-state index in [1.54, 1.807) is 0 Å². The monoisotopic (exact) mass is 385 g/mol. The van der Waals surface area contributed by atoms with Crippen LogP contribution >= 0.6 is 45.5 Å². The zero-order valence-corrected chi connectivity index (χ0v) is 10.3. The number of rotatable bonds is 0. The average Bonchev–Trinajstić information content (AvgIpc) is 2.33. The summed E-state index contributed by atoms with van der Waals surface area (Å²) in [5, 5.41) is 10.6. The smallest absolute Gasteiger partial charge is 0.155 e. The van der Waals surface area contributed by atoms with Crippen LogP contribution in [0.25, 0.3) is 10.9 Å². The molecule has 0 aliphatic carbocycles. The molecule has 12 heavy (non-hydrogen) atoms. The Labute approximate surface area is 97.2 Å². The number of aromatic nitrogens is 1. The van der Waals surface area contributed by atoms with Gasteiger partial charge in [0.05, 0.1) is 28.4 Å². The van der Waals surface area contributed by atoms with Crippen LogP contribution in [0.1, 0.15) is 0 Å². The van der Waals surface area contributed by atoms with Gasteiger partial charge in [0.1, 0.15) is 3.70 Å². The summed E-state index contributed by atoms with van der Waals surface area (Å²) in [6.45, 7) is 0. The van der Waals surface area contributed by atoms with Crippen LogP contribution in [0.4, 0.5) is 0 Å². The van der Waals surface area contributed by atoms with Crippen molar-refractivity contribution >= 4 is 56.4 Å². The molecule has 1 N–H and O–H groups in total. The molecule has 0 aliphatic rings. The Kier molecular flexibility index (Phi) is 2.19. The lowest BCUT2D eigenvalue weighted by Crippen LogP contribution is -1.78. The topological polar surface area (TPSA) is 25.2 Å². The first-order valence-electron chi connectivity index (χ1n) is 3.36. The molecule has 2 aromatic rings. The number of benzene rings is 1. The Balaban J connectivity index is 2.99. The molecule has 1 heterocycles. The lowest BCUT2D eigenvalue weighted by molar-refractivity contribution is 0.477. The molecule has 62 valence electrons. The standard InChI is InChI=1S/C8H5I2NO/c9-8-7(12)5-3-1-2-4-6(5)11(8)10/h1-4,12H. The van der Waals surface area contributed by atoms with E-state index in [1.165, 1.54) is 0 Å². The minimum atomic E-state index is 0.376. The van der Waals surface area contributed by atoms with Gasteiger partial charge in [-0.3, -0.25) is 2.78 Å². The summed E-state index contributed by atoms with van der Waals surface area (Å²) in [6, 6.07) is 7.80. The maximum Gasteiger partial charge on any atom is 0.155 e. The fraction of sp³-hybridized carbons (Fsp3) is 0. The Hall–Kier alpha value is 0.0200. The van der Waals surface area contributed by atoms with Crippen LogP contribution < -0.4 is 0 Å². The number of fused-ring (bicyclic) bond motifs is 1. The number of nitrogens with zero attached hydrogens (tertiary/aromatic N) is 1. The van der Waals surface area contributed by atoms with Crippen LogP contribution in [-0.4, -0.2) is 7.89 Å². The van der Waals surface area contributed by atoms with Gasteiger partial charge in [-0.15, -0.1) is 0 Å². The largest absolute Gasteiger partial charge is 0.505 e. The summed E-state index contributed by atoms with van der Waals surface area (Å²) in [4.78, 5) is 0. The van der Waals surface area contributed by atoms with Crippen molar-refractivity contribution in [3.05, 3.63) is 28.0 Å². The molecule has 0 spiro atoms. The van der Waals surface area contributed by atoms with Gasteiger partial charge in [0.15, 0.2) is 5.75 Å². The molecule has 4 heteroatoms. The second-order valence-electron chi connectivity index (χ2n) is 2.44. The van der Waals surface area contributed by atoms with Gasteiger partial charge in [-0.2, -0.15) is 0 Å². The molecule has 0 saturated carbocycles. The Morgan fingerprint density at radius 3 is 2.58 bits per heavy atom. The lowest BCUT2D eigenvalue weighted by atomic mass is 10.2. The Morgan fingerprint density at radius 1 is 1.25 bits per heavy atom. The molecule has 0 bridgehead atoms. The first-order chi connectivity index (χ1) is 5.72. The molecular formula is C8H5I2NO. The molecule has 2 rings (SSSR count). The van der Waals surface area contributed by atoms with Crippen molar-refractivity contribution in [3.8, 4) is 5.75 Å². The molecule has 1 aromatic carbocycles. The number of aromatic hydroxyl groups is 1. The van der Waals surface area contributed by atoms with Crippen LogP contribution in [0, 0.1) is 3.70 Å². The number of halogens is 2. The van der Waals surface area contributed by atoms with Crippen molar-refractivity contribution in [2.45, 2.75) is 0 Å². The molecule has 0 atom stereocenters. The highest BCUT2D eigenvalue weighted by atomic mass is 127. The SMILES string of the molecule is Oc1c(I)n(I)c2ccccc12. The van der Waals surface area contributed by atoms with E-state index in [-0.39, 0.29) is 0 Å². The highest BCUT2D eigenvalue weighted by Crippen LogP contribution is 2.34. The van der Waals surface area contributed by atoms with Gasteiger partial charge in [-0.25, -0.2) is 0 Å². The number of para-hydroxylation sites is 1. The van der Waals surface area contributed by atoms with Crippen molar-refractivity contribution in [2.24, 2.45) is 0 Å². The second kappa shape index (κ2) is 3.06. The highest BCUT2D eigenvalue weighted by Gasteiger charge is 2.10. The summed E-state index contributed by atoms with van der Waals surface area (Å²) in [5.74, 6) is 0.376. The summed E-state index contributed by atoms with van der Waals surface area (Å²) < 4.78 is 2.82. The molecule has 0 fully saturated rings. The van der Waals surface area contributed by atoms with Gasteiger partial charge < -0.3 is 5.11 Å². The van der Waals surface area contributed by atoms with Crippen LogP contribution in [0.3, 0.4) is 0 Å². The van der Waals surface area contributed by atoms with E-state index < -0.39 is 0 Å². The van der Waals surface area contributed by atoms with Gasteiger partial charge in [-0.1, -0.05) is 12.1 Å². The van der Waals surface area contributed by atoms with E-state index in [1.807, 2.05) is 27.0 Å². The zero-order valence-electron chi connectivity index (χ0n) is 5.96. The molecule has 0 amide bonds. The van der Waals surface area contributed by atoms with E-state index in [4.69, 9.17) is 0 Å². The Bertz CT molecular complexity index is 397. The van der Waals surface area contributed by atoms with Crippen molar-refractivity contribution < 1.29 is 5.11 Å². The predicted molar refractivity (Wildman–Crippen MR) is 65.7 cm³/mol. The van der Waals surface area contributed by atoms with Crippen LogP contribution in [0.2, 0.25) is 0 Å². The lowest BCUT2D eigenvalue weighted by Gasteiger charge is -1.91. The maximum atomic E-state index is 9.65. The third-order valence-corrected chi connectivity index (χ3v) is 4.66. The fourth-order valence-corrected chi connectivity index (χ4v) is 2.35. The predicted octanol–water partition coefficient (Wildman–Crippen LogP) is 3.15. The minimum absolute atomic E-state index is 0.376. The molecule has 0 aliphatic heterocycles. The Morgan fingerprint density at radius 2 is 1.92 bits per heavy atom. The van der Waals surface area contributed by atoms with Crippen LogP contribution in [0.15, 0.2) is 24.3 Å². The third-order valence-electron chi connectivity index (χ3n) is 1.74. The van der Waals surface area contributed by atoms with Crippen molar-refractivity contribution in [1.29, 1.82) is 0 Å². The molecule has 0 radical (unpaired) electrons. The number of hydrogen-bond acceptors (Lipinski definition) is 1. The van der Waals surface area contributed by atoms with E-state index in [2.05, 4.69) is 45.5 Å². The van der Waals surface area contributed by atoms with Gasteiger partial charge in [-0.05, 0) is 34.7 Å². The van der Waals surface area contributed by atoms with E-state index in [9.17, 15) is 5.11 Å². The second-order valence-corrected chi connectivity index (χ2v) is 4.42. The molecular weight excluding hydrogens is 380 g/mol. The van der Waals surface area contributed by atoms with E-state index in [0.717, 1.165) is 14.6 Å². The number of hydrogen-bond donors (Lipinski definition) is 1. The average molecular weight is 385 g/mol. The molecule has 1 aromatic heterocycles. The van der Waals surface area contributed by atoms with Crippen molar-refractivity contribution in [3.63, 3.8) is 0 Å².